The molecule has 3 heterocycles. The molecule has 0 unspecified atom stereocenters. The van der Waals surface area contributed by atoms with Gasteiger partial charge < -0.3 is 14.5 Å². The van der Waals surface area contributed by atoms with Crippen molar-refractivity contribution in [2.24, 2.45) is 0 Å². The Balaban J connectivity index is 1.47. The van der Waals surface area contributed by atoms with Crippen molar-refractivity contribution in [3.63, 3.8) is 0 Å². The number of pyridine rings is 1. The van der Waals surface area contributed by atoms with Crippen LogP contribution in [0, 0.1) is 10.1 Å². The van der Waals surface area contributed by atoms with E-state index in [1.54, 1.807) is 6.07 Å². The van der Waals surface area contributed by atoms with Gasteiger partial charge in [0.1, 0.15) is 17.1 Å². The second-order valence-electron chi connectivity index (χ2n) is 6.44. The molecule has 0 spiro atoms. The highest BCUT2D eigenvalue weighted by Gasteiger charge is 2.18. The van der Waals surface area contributed by atoms with Crippen LogP contribution in [-0.2, 0) is 4.74 Å². The molecular formula is C19H19N3O5S. The fraction of sp³-hybridized carbons (Fsp3) is 0.316. The van der Waals surface area contributed by atoms with Gasteiger partial charge >= 0.3 is 5.69 Å². The average Bonchev–Trinajstić information content (AvgIpc) is 3.15. The molecule has 1 fully saturated rings. The van der Waals surface area contributed by atoms with Crippen LogP contribution in [0.3, 0.4) is 0 Å². The summed E-state index contributed by atoms with van der Waals surface area (Å²) in [6, 6.07) is 9.24. The number of hydrogen-bond donors (Lipinski definition) is 1. The van der Waals surface area contributed by atoms with Crippen LogP contribution in [-0.4, -0.2) is 54.3 Å². The summed E-state index contributed by atoms with van der Waals surface area (Å²) in [4.78, 5) is 28.2. The summed E-state index contributed by atoms with van der Waals surface area (Å²) in [5, 5.41) is 11.5. The second-order valence-corrected chi connectivity index (χ2v) is 7.49. The van der Waals surface area contributed by atoms with Gasteiger partial charge in [-0.05, 0) is 35.9 Å². The number of hydrogen-bond acceptors (Lipinski definition) is 7. The molecule has 3 aromatic rings. The van der Waals surface area contributed by atoms with Crippen LogP contribution in [0.4, 0.5) is 5.69 Å². The monoisotopic (exact) mass is 401 g/mol. The highest BCUT2D eigenvalue weighted by atomic mass is 32.1. The zero-order valence-electron chi connectivity index (χ0n) is 15.1. The predicted octanol–water partition coefficient (Wildman–Crippen LogP) is 2.88. The lowest BCUT2D eigenvalue weighted by Crippen LogP contribution is -2.38. The Kier molecular flexibility index (Phi) is 5.38. The molecule has 4 rings (SSSR count). The summed E-state index contributed by atoms with van der Waals surface area (Å²) in [6.45, 7) is 4.85. The van der Waals surface area contributed by atoms with Crippen LogP contribution in [0.15, 0.2) is 41.3 Å². The molecule has 0 amide bonds. The van der Waals surface area contributed by atoms with Gasteiger partial charge in [-0.3, -0.25) is 19.8 Å². The van der Waals surface area contributed by atoms with E-state index in [-0.39, 0.29) is 11.2 Å². The van der Waals surface area contributed by atoms with Crippen molar-refractivity contribution in [2.45, 2.75) is 0 Å². The maximum absolute atomic E-state index is 12.0. The number of nitrogens with zero attached hydrogens (tertiary/aromatic N) is 2. The molecule has 146 valence electrons. The van der Waals surface area contributed by atoms with E-state index >= 15 is 0 Å². The van der Waals surface area contributed by atoms with Gasteiger partial charge in [0.25, 0.3) is 5.56 Å². The summed E-state index contributed by atoms with van der Waals surface area (Å²) in [5.74, 6) is 0.766. The molecule has 28 heavy (non-hydrogen) atoms. The summed E-state index contributed by atoms with van der Waals surface area (Å²) in [6.07, 6.45) is 1.15. The van der Waals surface area contributed by atoms with Crippen molar-refractivity contribution in [2.75, 3.05) is 39.5 Å². The third-order valence-electron chi connectivity index (χ3n) is 4.66. The molecule has 0 aliphatic carbocycles. The van der Waals surface area contributed by atoms with E-state index in [0.29, 0.717) is 16.7 Å². The van der Waals surface area contributed by atoms with Gasteiger partial charge in [0.2, 0.25) is 0 Å². The highest BCUT2D eigenvalue weighted by molar-refractivity contribution is 7.22. The molecule has 9 heteroatoms. The lowest BCUT2D eigenvalue weighted by atomic mass is 10.1. The molecule has 0 atom stereocenters. The number of H-pyrrole nitrogens is 1. The number of aromatic nitrogens is 1. The molecule has 8 nitrogen and oxygen atoms in total. The van der Waals surface area contributed by atoms with Crippen molar-refractivity contribution < 1.29 is 14.4 Å². The Hall–Kier alpha value is -2.75. The number of nitrogens with one attached hydrogen (secondary N) is 1. The summed E-state index contributed by atoms with van der Waals surface area (Å²) in [5.41, 5.74) is 0.468. The molecule has 2 aromatic heterocycles. The number of morpholine rings is 1. The average molecular weight is 401 g/mol. The minimum atomic E-state index is -0.482. The number of aromatic amines is 1. The molecule has 1 saturated heterocycles. The SMILES string of the molecule is O=c1[nH]cc([N+](=O)[O-])c2sc(-c3ccc(OCCN4CCOCC4)cc3)cc12. The molecule has 1 aliphatic rings. The first-order chi connectivity index (χ1) is 13.6. The lowest BCUT2D eigenvalue weighted by molar-refractivity contribution is -0.383. The molecule has 0 radical (unpaired) electrons. The van der Waals surface area contributed by atoms with E-state index in [1.165, 1.54) is 11.3 Å². The Morgan fingerprint density at radius 2 is 2.00 bits per heavy atom. The van der Waals surface area contributed by atoms with Gasteiger partial charge in [0, 0.05) is 24.5 Å². The van der Waals surface area contributed by atoms with Gasteiger partial charge in [-0.2, -0.15) is 0 Å². The summed E-state index contributed by atoms with van der Waals surface area (Å²) >= 11 is 1.24. The molecule has 1 aliphatic heterocycles. The molecule has 1 N–H and O–H groups in total. The smallest absolute Gasteiger partial charge is 0.303 e. The Bertz CT molecular complexity index is 1040. The van der Waals surface area contributed by atoms with E-state index < -0.39 is 4.92 Å². The zero-order chi connectivity index (χ0) is 19.5. The second kappa shape index (κ2) is 8.09. The molecule has 0 bridgehead atoms. The quantitative estimate of drug-likeness (QED) is 0.504. The number of rotatable bonds is 6. The first-order valence-corrected chi connectivity index (χ1v) is 9.76. The van der Waals surface area contributed by atoms with Crippen molar-refractivity contribution >= 4 is 27.1 Å². The number of nitro groups is 1. The van der Waals surface area contributed by atoms with Crippen LogP contribution in [0.1, 0.15) is 0 Å². The minimum Gasteiger partial charge on any atom is -0.492 e. The van der Waals surface area contributed by atoms with Gasteiger partial charge in [0.05, 0.1) is 29.7 Å². The van der Waals surface area contributed by atoms with Crippen LogP contribution in [0.2, 0.25) is 0 Å². The van der Waals surface area contributed by atoms with Crippen LogP contribution < -0.4 is 10.3 Å². The summed E-state index contributed by atoms with van der Waals surface area (Å²) in [7, 11) is 0. The number of thiophene rings is 1. The largest absolute Gasteiger partial charge is 0.492 e. The third-order valence-corrected chi connectivity index (χ3v) is 5.87. The Morgan fingerprint density at radius 1 is 1.25 bits per heavy atom. The fourth-order valence-corrected chi connectivity index (χ4v) is 4.29. The van der Waals surface area contributed by atoms with E-state index in [9.17, 15) is 14.9 Å². The number of ether oxygens (including phenoxy) is 2. The normalized spacial score (nSPS) is 15.0. The summed E-state index contributed by atoms with van der Waals surface area (Å²) < 4.78 is 11.5. The van der Waals surface area contributed by atoms with Gasteiger partial charge in [-0.1, -0.05) is 0 Å². The van der Waals surface area contributed by atoms with Crippen molar-refractivity contribution in [3.05, 3.63) is 57.0 Å². The molecule has 1 aromatic carbocycles. The lowest BCUT2D eigenvalue weighted by Gasteiger charge is -2.26. The molecular weight excluding hydrogens is 382 g/mol. The maximum Gasteiger partial charge on any atom is 0.303 e. The Labute approximate surface area is 164 Å². The van der Waals surface area contributed by atoms with Crippen LogP contribution >= 0.6 is 11.3 Å². The van der Waals surface area contributed by atoms with Gasteiger partial charge in [-0.25, -0.2) is 0 Å². The first-order valence-electron chi connectivity index (χ1n) is 8.95. The Morgan fingerprint density at radius 3 is 2.71 bits per heavy atom. The highest BCUT2D eigenvalue weighted by Crippen LogP contribution is 2.36. The van der Waals surface area contributed by atoms with E-state index in [4.69, 9.17) is 9.47 Å². The number of fused-ring (bicyclic) bond motifs is 1. The van der Waals surface area contributed by atoms with Crippen molar-refractivity contribution in [1.29, 1.82) is 0 Å². The van der Waals surface area contributed by atoms with E-state index in [2.05, 4.69) is 9.88 Å². The molecule has 0 saturated carbocycles. The van der Waals surface area contributed by atoms with E-state index in [1.807, 2.05) is 24.3 Å². The topological polar surface area (TPSA) is 97.7 Å². The van der Waals surface area contributed by atoms with Crippen LogP contribution in [0.5, 0.6) is 5.75 Å². The fourth-order valence-electron chi connectivity index (χ4n) is 3.14. The van der Waals surface area contributed by atoms with Gasteiger partial charge in [0.15, 0.2) is 0 Å². The van der Waals surface area contributed by atoms with Crippen LogP contribution in [0.25, 0.3) is 20.5 Å². The third kappa shape index (κ3) is 3.91. The minimum absolute atomic E-state index is 0.0890. The zero-order valence-corrected chi connectivity index (χ0v) is 15.9. The van der Waals surface area contributed by atoms with Gasteiger partial charge in [-0.15, -0.1) is 11.3 Å². The predicted molar refractivity (Wildman–Crippen MR) is 107 cm³/mol. The maximum atomic E-state index is 12.0. The van der Waals surface area contributed by atoms with Crippen molar-refractivity contribution in [1.82, 2.24) is 9.88 Å². The van der Waals surface area contributed by atoms with E-state index in [0.717, 1.165) is 55.2 Å². The van der Waals surface area contributed by atoms with Crippen molar-refractivity contribution in [3.8, 4) is 16.2 Å². The first kappa shape index (κ1) is 18.6. The standard InChI is InChI=1S/C19H19N3O5S/c23-19-15-11-17(28-18(15)16(12-20-19)22(24)25)13-1-3-14(4-2-13)27-10-7-21-5-8-26-9-6-21/h1-4,11-12H,5-10H2,(H,20,23). The number of benzene rings is 1.